The summed E-state index contributed by atoms with van der Waals surface area (Å²) in [6.07, 6.45) is 2.84. The number of nitrogens with one attached hydrogen (secondary N) is 1. The van der Waals surface area contributed by atoms with E-state index >= 15 is 0 Å². The van der Waals surface area contributed by atoms with Crippen molar-refractivity contribution in [2.45, 2.75) is 38.5 Å². The van der Waals surface area contributed by atoms with Gasteiger partial charge in [0.05, 0.1) is 6.61 Å². The van der Waals surface area contributed by atoms with E-state index in [9.17, 15) is 0 Å². The van der Waals surface area contributed by atoms with Gasteiger partial charge in [0.1, 0.15) is 12.8 Å². The molecule has 1 aliphatic heterocycles. The summed E-state index contributed by atoms with van der Waals surface area (Å²) in [5, 5.41) is 4.95. The predicted octanol–water partition coefficient (Wildman–Crippen LogP) is 5.11. The molecule has 0 amide bonds. The quantitative estimate of drug-likeness (QED) is 0.689. The summed E-state index contributed by atoms with van der Waals surface area (Å²) in [7, 11) is 0. The van der Waals surface area contributed by atoms with Crippen LogP contribution in [0.1, 0.15) is 25.3 Å². The van der Waals surface area contributed by atoms with Gasteiger partial charge < -0.3 is 14.2 Å². The fourth-order valence-electron chi connectivity index (χ4n) is 3.15. The second-order valence-electron chi connectivity index (χ2n) is 6.53. The van der Waals surface area contributed by atoms with Crippen molar-refractivity contribution < 1.29 is 14.2 Å². The standard InChI is InChI=1S/C21H25Cl2NO3/c1-2-25-20-13-17(23)9-10-19(20)27-14-21-24-18(4-3-11-26-21)12-15-5-7-16(22)8-6-15/h5-10,13,18,21,24H,2-4,11-12,14H2,1H3. The molecule has 0 spiro atoms. The SMILES string of the molecule is CCOc1cc(Cl)ccc1OCC1NC(Cc2ccc(Cl)cc2)CCCO1. The Kier molecular flexibility index (Phi) is 7.65. The van der Waals surface area contributed by atoms with Gasteiger partial charge in [-0.05, 0) is 56.0 Å². The Morgan fingerprint density at radius 1 is 1.04 bits per heavy atom. The molecule has 2 atom stereocenters. The molecule has 0 bridgehead atoms. The van der Waals surface area contributed by atoms with E-state index < -0.39 is 0 Å². The summed E-state index contributed by atoms with van der Waals surface area (Å²) in [5.74, 6) is 1.32. The van der Waals surface area contributed by atoms with Crippen molar-refractivity contribution in [2.75, 3.05) is 19.8 Å². The van der Waals surface area contributed by atoms with E-state index in [2.05, 4.69) is 17.4 Å². The third kappa shape index (κ3) is 6.28. The summed E-state index contributed by atoms with van der Waals surface area (Å²) >= 11 is 12.0. The Bertz CT molecular complexity index is 724. The topological polar surface area (TPSA) is 39.7 Å². The van der Waals surface area contributed by atoms with Crippen LogP contribution in [0.15, 0.2) is 42.5 Å². The minimum absolute atomic E-state index is 0.171. The molecule has 1 heterocycles. The van der Waals surface area contributed by atoms with Gasteiger partial charge in [0, 0.05) is 28.8 Å². The van der Waals surface area contributed by atoms with Crippen LogP contribution in [-0.2, 0) is 11.2 Å². The van der Waals surface area contributed by atoms with Crippen LogP contribution in [0.25, 0.3) is 0 Å². The number of hydrogen-bond acceptors (Lipinski definition) is 4. The first-order valence-electron chi connectivity index (χ1n) is 9.31. The summed E-state index contributed by atoms with van der Waals surface area (Å²) in [4.78, 5) is 0. The van der Waals surface area contributed by atoms with Gasteiger partial charge in [-0.25, -0.2) is 0 Å². The molecule has 0 saturated carbocycles. The van der Waals surface area contributed by atoms with Gasteiger partial charge in [-0.15, -0.1) is 0 Å². The molecule has 1 N–H and O–H groups in total. The summed E-state index contributed by atoms with van der Waals surface area (Å²) in [5.41, 5.74) is 1.26. The van der Waals surface area contributed by atoms with Crippen molar-refractivity contribution in [3.8, 4) is 11.5 Å². The van der Waals surface area contributed by atoms with Gasteiger partial charge in [0.15, 0.2) is 11.5 Å². The molecule has 0 aromatic heterocycles. The molecule has 6 heteroatoms. The van der Waals surface area contributed by atoms with E-state index in [0.29, 0.717) is 35.8 Å². The molecule has 1 fully saturated rings. The lowest BCUT2D eigenvalue weighted by atomic mass is 10.0. The molecule has 146 valence electrons. The minimum atomic E-state index is -0.171. The van der Waals surface area contributed by atoms with Crippen LogP contribution in [0, 0.1) is 0 Å². The molecule has 0 radical (unpaired) electrons. The van der Waals surface area contributed by atoms with Gasteiger partial charge in [-0.3, -0.25) is 5.32 Å². The smallest absolute Gasteiger partial charge is 0.162 e. The van der Waals surface area contributed by atoms with Crippen molar-refractivity contribution >= 4 is 23.2 Å². The molecule has 2 unspecified atom stereocenters. The molecular formula is C21H25Cl2NO3. The molecule has 1 saturated heterocycles. The van der Waals surface area contributed by atoms with E-state index in [1.807, 2.05) is 25.1 Å². The Morgan fingerprint density at radius 3 is 2.59 bits per heavy atom. The molecular weight excluding hydrogens is 385 g/mol. The summed E-state index contributed by atoms with van der Waals surface area (Å²) < 4.78 is 17.5. The Morgan fingerprint density at radius 2 is 1.81 bits per heavy atom. The second kappa shape index (κ2) is 10.2. The number of halogens is 2. The second-order valence-corrected chi connectivity index (χ2v) is 7.40. The van der Waals surface area contributed by atoms with Crippen molar-refractivity contribution in [3.63, 3.8) is 0 Å². The lowest BCUT2D eigenvalue weighted by molar-refractivity contribution is 0.00515. The third-order valence-corrected chi connectivity index (χ3v) is 4.92. The zero-order chi connectivity index (χ0) is 19.1. The van der Waals surface area contributed by atoms with E-state index in [4.69, 9.17) is 37.4 Å². The van der Waals surface area contributed by atoms with E-state index in [1.54, 1.807) is 12.1 Å². The van der Waals surface area contributed by atoms with Crippen LogP contribution in [0.4, 0.5) is 0 Å². The van der Waals surface area contributed by atoms with Crippen LogP contribution in [-0.4, -0.2) is 32.1 Å². The molecule has 4 nitrogen and oxygen atoms in total. The van der Waals surface area contributed by atoms with Crippen molar-refractivity contribution in [2.24, 2.45) is 0 Å². The van der Waals surface area contributed by atoms with E-state index in [0.717, 1.165) is 30.9 Å². The maximum atomic E-state index is 6.05. The van der Waals surface area contributed by atoms with E-state index in [1.165, 1.54) is 5.56 Å². The molecule has 2 aromatic rings. The summed E-state index contributed by atoms with van der Waals surface area (Å²) in [6.45, 7) is 3.61. The zero-order valence-electron chi connectivity index (χ0n) is 15.4. The number of rotatable bonds is 7. The van der Waals surface area contributed by atoms with E-state index in [-0.39, 0.29) is 6.23 Å². The van der Waals surface area contributed by atoms with Crippen LogP contribution >= 0.6 is 23.2 Å². The fourth-order valence-corrected chi connectivity index (χ4v) is 3.43. The molecule has 3 rings (SSSR count). The summed E-state index contributed by atoms with van der Waals surface area (Å²) in [6, 6.07) is 13.7. The molecule has 2 aromatic carbocycles. The largest absolute Gasteiger partial charge is 0.490 e. The lowest BCUT2D eigenvalue weighted by Crippen LogP contribution is -2.42. The molecule has 1 aliphatic rings. The maximum Gasteiger partial charge on any atom is 0.162 e. The Balaban J connectivity index is 1.58. The number of hydrogen-bond donors (Lipinski definition) is 1. The van der Waals surface area contributed by atoms with Gasteiger partial charge in [-0.2, -0.15) is 0 Å². The average molecular weight is 410 g/mol. The Hall–Kier alpha value is -1.46. The van der Waals surface area contributed by atoms with Gasteiger partial charge in [0.25, 0.3) is 0 Å². The predicted molar refractivity (Wildman–Crippen MR) is 109 cm³/mol. The number of benzene rings is 2. The first-order chi connectivity index (χ1) is 13.1. The molecule has 0 aliphatic carbocycles. The fraction of sp³-hybridized carbons (Fsp3) is 0.429. The van der Waals surface area contributed by atoms with Crippen LogP contribution in [0.5, 0.6) is 11.5 Å². The van der Waals surface area contributed by atoms with Gasteiger partial charge >= 0.3 is 0 Å². The monoisotopic (exact) mass is 409 g/mol. The zero-order valence-corrected chi connectivity index (χ0v) is 16.9. The van der Waals surface area contributed by atoms with Crippen LogP contribution in [0.3, 0.4) is 0 Å². The lowest BCUT2D eigenvalue weighted by Gasteiger charge is -2.23. The van der Waals surface area contributed by atoms with Crippen LogP contribution in [0.2, 0.25) is 10.0 Å². The third-order valence-electron chi connectivity index (χ3n) is 4.43. The minimum Gasteiger partial charge on any atom is -0.490 e. The number of ether oxygens (including phenoxy) is 3. The van der Waals surface area contributed by atoms with Gasteiger partial charge in [-0.1, -0.05) is 35.3 Å². The van der Waals surface area contributed by atoms with Crippen molar-refractivity contribution in [3.05, 3.63) is 58.1 Å². The highest BCUT2D eigenvalue weighted by atomic mass is 35.5. The first kappa shape index (κ1) is 20.3. The first-order valence-corrected chi connectivity index (χ1v) is 10.1. The maximum absolute atomic E-state index is 6.05. The van der Waals surface area contributed by atoms with Gasteiger partial charge in [0.2, 0.25) is 0 Å². The van der Waals surface area contributed by atoms with Crippen molar-refractivity contribution in [1.29, 1.82) is 0 Å². The van der Waals surface area contributed by atoms with Crippen molar-refractivity contribution in [1.82, 2.24) is 5.32 Å². The highest BCUT2D eigenvalue weighted by molar-refractivity contribution is 6.31. The molecule has 27 heavy (non-hydrogen) atoms. The highest BCUT2D eigenvalue weighted by Crippen LogP contribution is 2.30. The average Bonchev–Trinajstić information content (AvgIpc) is 2.88. The van der Waals surface area contributed by atoms with Crippen LogP contribution < -0.4 is 14.8 Å². The Labute approximate surface area is 170 Å². The highest BCUT2D eigenvalue weighted by Gasteiger charge is 2.21. The normalized spacial score (nSPS) is 20.1.